The summed E-state index contributed by atoms with van der Waals surface area (Å²) in [7, 11) is 0. The summed E-state index contributed by atoms with van der Waals surface area (Å²) in [5, 5.41) is 0. The van der Waals surface area contributed by atoms with Crippen molar-refractivity contribution in [1.29, 1.82) is 0 Å². The molecule has 1 rings (SSSR count). The molecule has 3 nitrogen and oxygen atoms in total. The van der Waals surface area contributed by atoms with E-state index in [1.54, 1.807) is 0 Å². The van der Waals surface area contributed by atoms with Crippen LogP contribution in [0.25, 0.3) is 0 Å². The predicted molar refractivity (Wildman–Crippen MR) is 46.8 cm³/mol. The van der Waals surface area contributed by atoms with Crippen molar-refractivity contribution in [2.45, 2.75) is 0 Å². The van der Waals surface area contributed by atoms with Gasteiger partial charge in [-0.15, -0.1) is 0 Å². The van der Waals surface area contributed by atoms with E-state index in [1.165, 1.54) is 4.90 Å². The Morgan fingerprint density at radius 2 is 1.85 bits per heavy atom. The van der Waals surface area contributed by atoms with Gasteiger partial charge >= 0.3 is 0 Å². The number of carbonyl (C=O) groups is 1. The van der Waals surface area contributed by atoms with Gasteiger partial charge in [0.1, 0.15) is 5.83 Å². The summed E-state index contributed by atoms with van der Waals surface area (Å²) in [5.41, 5.74) is -0.165. The Labute approximate surface area is 76.5 Å². The molecular formula is C9H12FNO2. The highest BCUT2D eigenvalue weighted by molar-refractivity contribution is 5.96. The molecule has 0 radical (unpaired) electrons. The van der Waals surface area contributed by atoms with Crippen LogP contribution in [0.15, 0.2) is 24.6 Å². The minimum atomic E-state index is -0.767. The zero-order valence-corrected chi connectivity index (χ0v) is 7.38. The van der Waals surface area contributed by atoms with E-state index >= 15 is 0 Å². The average molecular weight is 185 g/mol. The number of ether oxygens (including phenoxy) is 1. The molecular weight excluding hydrogens is 173 g/mol. The fraction of sp³-hybridized carbons (Fsp3) is 0.444. The van der Waals surface area contributed by atoms with Gasteiger partial charge in [-0.1, -0.05) is 13.2 Å². The molecule has 13 heavy (non-hydrogen) atoms. The lowest BCUT2D eigenvalue weighted by Crippen LogP contribution is -2.41. The molecule has 0 aromatic rings. The molecule has 0 bridgehead atoms. The lowest BCUT2D eigenvalue weighted by atomic mass is 10.2. The van der Waals surface area contributed by atoms with Crippen molar-refractivity contribution in [3.8, 4) is 0 Å². The van der Waals surface area contributed by atoms with Gasteiger partial charge < -0.3 is 9.64 Å². The number of carbonyl (C=O) groups excluding carboxylic acids is 1. The second-order valence-electron chi connectivity index (χ2n) is 2.79. The quantitative estimate of drug-likeness (QED) is 0.472. The maximum atomic E-state index is 12.5. The van der Waals surface area contributed by atoms with Gasteiger partial charge in [0, 0.05) is 13.1 Å². The number of morpholine rings is 1. The molecule has 0 atom stereocenters. The second-order valence-corrected chi connectivity index (χ2v) is 2.79. The minimum absolute atomic E-state index is 0.165. The number of hydrogen-bond donors (Lipinski definition) is 0. The van der Waals surface area contributed by atoms with Crippen molar-refractivity contribution in [3.63, 3.8) is 0 Å². The number of nitrogens with zero attached hydrogens (tertiary/aromatic N) is 1. The summed E-state index contributed by atoms with van der Waals surface area (Å²) in [4.78, 5) is 12.9. The second kappa shape index (κ2) is 4.18. The standard InChI is InChI=1S/C9H12FNO2/c1-7(8(2)10)9(12)11-3-5-13-6-4-11/h1-6H2. The van der Waals surface area contributed by atoms with Crippen molar-refractivity contribution in [2.24, 2.45) is 0 Å². The monoisotopic (exact) mass is 185 g/mol. The average Bonchev–Trinajstić information content (AvgIpc) is 2.17. The van der Waals surface area contributed by atoms with Crippen LogP contribution in [0.3, 0.4) is 0 Å². The molecule has 0 N–H and O–H groups in total. The van der Waals surface area contributed by atoms with E-state index in [9.17, 15) is 9.18 Å². The van der Waals surface area contributed by atoms with Crippen molar-refractivity contribution in [3.05, 3.63) is 24.6 Å². The molecule has 0 aliphatic carbocycles. The van der Waals surface area contributed by atoms with Crippen LogP contribution in [-0.2, 0) is 9.53 Å². The Kier molecular flexibility index (Phi) is 3.19. The third-order valence-corrected chi connectivity index (χ3v) is 1.88. The molecule has 1 amide bonds. The molecule has 1 aliphatic heterocycles. The highest BCUT2D eigenvalue weighted by Crippen LogP contribution is 2.11. The Morgan fingerprint density at radius 1 is 1.31 bits per heavy atom. The van der Waals surface area contributed by atoms with Crippen LogP contribution in [-0.4, -0.2) is 37.1 Å². The number of rotatable bonds is 2. The van der Waals surface area contributed by atoms with Gasteiger partial charge in [-0.25, -0.2) is 4.39 Å². The zero-order valence-electron chi connectivity index (χ0n) is 7.38. The van der Waals surface area contributed by atoms with Gasteiger partial charge in [-0.3, -0.25) is 4.79 Å². The number of halogens is 1. The first-order chi connectivity index (χ1) is 6.13. The lowest BCUT2D eigenvalue weighted by molar-refractivity contribution is -0.130. The Bertz CT molecular complexity index is 244. The van der Waals surface area contributed by atoms with E-state index in [0.717, 1.165) is 0 Å². The van der Waals surface area contributed by atoms with Gasteiger partial charge in [-0.05, 0) is 0 Å². The first-order valence-electron chi connectivity index (χ1n) is 4.03. The molecule has 0 aromatic heterocycles. The fourth-order valence-corrected chi connectivity index (χ4v) is 1.07. The molecule has 1 heterocycles. The molecule has 72 valence electrons. The first-order valence-corrected chi connectivity index (χ1v) is 4.03. The minimum Gasteiger partial charge on any atom is -0.378 e. The van der Waals surface area contributed by atoms with Crippen LogP contribution in [0, 0.1) is 0 Å². The highest BCUT2D eigenvalue weighted by atomic mass is 19.1. The molecule has 1 saturated heterocycles. The summed E-state index contributed by atoms with van der Waals surface area (Å²) >= 11 is 0. The largest absolute Gasteiger partial charge is 0.378 e. The van der Waals surface area contributed by atoms with Crippen LogP contribution in [0.4, 0.5) is 4.39 Å². The third-order valence-electron chi connectivity index (χ3n) is 1.88. The van der Waals surface area contributed by atoms with Crippen LogP contribution >= 0.6 is 0 Å². The van der Waals surface area contributed by atoms with Crippen LogP contribution in [0.2, 0.25) is 0 Å². The SMILES string of the molecule is C=C(F)C(=C)C(=O)N1CCOCC1. The van der Waals surface area contributed by atoms with E-state index in [0.29, 0.717) is 26.3 Å². The molecule has 0 aromatic carbocycles. The summed E-state index contributed by atoms with van der Waals surface area (Å²) in [6, 6.07) is 0. The van der Waals surface area contributed by atoms with Crippen molar-refractivity contribution < 1.29 is 13.9 Å². The predicted octanol–water partition coefficient (Wildman–Crippen LogP) is 0.885. The lowest BCUT2D eigenvalue weighted by Gasteiger charge is -2.27. The van der Waals surface area contributed by atoms with Gasteiger partial charge in [0.2, 0.25) is 0 Å². The van der Waals surface area contributed by atoms with Gasteiger partial charge in [0.15, 0.2) is 0 Å². The zero-order chi connectivity index (χ0) is 9.84. The van der Waals surface area contributed by atoms with Crippen molar-refractivity contribution >= 4 is 5.91 Å². The van der Waals surface area contributed by atoms with Gasteiger partial charge in [0.05, 0.1) is 18.8 Å². The Hall–Kier alpha value is -1.16. The molecule has 0 unspecified atom stereocenters. The van der Waals surface area contributed by atoms with E-state index in [1.807, 2.05) is 0 Å². The normalized spacial score (nSPS) is 16.8. The fourth-order valence-electron chi connectivity index (χ4n) is 1.07. The van der Waals surface area contributed by atoms with Crippen molar-refractivity contribution in [2.75, 3.05) is 26.3 Å². The van der Waals surface area contributed by atoms with E-state index in [-0.39, 0.29) is 5.57 Å². The van der Waals surface area contributed by atoms with E-state index < -0.39 is 11.7 Å². The molecule has 4 heteroatoms. The summed E-state index contributed by atoms with van der Waals surface area (Å²) in [6.45, 7) is 8.33. The maximum Gasteiger partial charge on any atom is 0.256 e. The third kappa shape index (κ3) is 2.39. The van der Waals surface area contributed by atoms with E-state index in [2.05, 4.69) is 13.2 Å². The maximum absolute atomic E-state index is 12.5. The first kappa shape index (κ1) is 9.92. The van der Waals surface area contributed by atoms with Gasteiger partial charge in [0.25, 0.3) is 5.91 Å². The number of amides is 1. The Balaban J connectivity index is 2.55. The summed E-state index contributed by atoms with van der Waals surface area (Å²) in [6.07, 6.45) is 0. The number of hydrogen-bond acceptors (Lipinski definition) is 2. The van der Waals surface area contributed by atoms with Crippen LogP contribution < -0.4 is 0 Å². The van der Waals surface area contributed by atoms with Crippen LogP contribution in [0.5, 0.6) is 0 Å². The van der Waals surface area contributed by atoms with Gasteiger partial charge in [-0.2, -0.15) is 0 Å². The topological polar surface area (TPSA) is 29.5 Å². The Morgan fingerprint density at radius 3 is 2.31 bits per heavy atom. The molecule has 1 aliphatic rings. The van der Waals surface area contributed by atoms with Crippen LogP contribution in [0.1, 0.15) is 0 Å². The van der Waals surface area contributed by atoms with Crippen molar-refractivity contribution in [1.82, 2.24) is 4.90 Å². The smallest absolute Gasteiger partial charge is 0.256 e. The highest BCUT2D eigenvalue weighted by Gasteiger charge is 2.20. The summed E-state index contributed by atoms with van der Waals surface area (Å²) < 4.78 is 17.6. The summed E-state index contributed by atoms with van der Waals surface area (Å²) in [5.74, 6) is -1.16. The molecule has 1 fully saturated rings. The molecule has 0 saturated carbocycles. The van der Waals surface area contributed by atoms with E-state index in [4.69, 9.17) is 4.74 Å². The molecule has 0 spiro atoms.